The molecule has 210 valence electrons. The molecule has 1 aromatic rings. The van der Waals surface area contributed by atoms with Crippen LogP contribution in [0.4, 0.5) is 20.2 Å². The summed E-state index contributed by atoms with van der Waals surface area (Å²) in [5, 5.41) is 5.07. The zero-order chi connectivity index (χ0) is 27.4. The van der Waals surface area contributed by atoms with E-state index in [1.807, 2.05) is 20.8 Å². The Labute approximate surface area is 222 Å². The molecular weight excluding hydrogens is 496 g/mol. The minimum absolute atomic E-state index is 0.0473. The Morgan fingerprint density at radius 2 is 1.63 bits per heavy atom. The average Bonchev–Trinajstić information content (AvgIpc) is 2.82. The van der Waals surface area contributed by atoms with Crippen molar-refractivity contribution in [3.05, 3.63) is 23.8 Å². The van der Waals surface area contributed by atoms with Crippen molar-refractivity contribution < 1.29 is 27.9 Å². The fourth-order valence-electron chi connectivity index (χ4n) is 5.39. The number of imide groups is 1. The highest BCUT2D eigenvalue weighted by molar-refractivity contribution is 6.01. The summed E-state index contributed by atoms with van der Waals surface area (Å²) >= 11 is 0. The van der Waals surface area contributed by atoms with Gasteiger partial charge in [0.05, 0.1) is 6.54 Å². The second kappa shape index (κ2) is 11.9. The Morgan fingerprint density at radius 3 is 2.21 bits per heavy atom. The molecule has 1 unspecified atom stereocenters. The third kappa shape index (κ3) is 7.63. The number of rotatable bonds is 7. The van der Waals surface area contributed by atoms with Crippen molar-refractivity contribution in [1.29, 1.82) is 0 Å². The molecule has 3 heterocycles. The zero-order valence-electron chi connectivity index (χ0n) is 22.5. The number of halogens is 2. The Kier molecular flexibility index (Phi) is 8.87. The third-order valence-corrected chi connectivity index (χ3v) is 7.28. The largest absolute Gasteiger partial charge is 0.459 e. The summed E-state index contributed by atoms with van der Waals surface area (Å²) in [6, 6.07) is 1.71. The van der Waals surface area contributed by atoms with Crippen LogP contribution in [-0.4, -0.2) is 91.6 Å². The quantitative estimate of drug-likeness (QED) is 0.406. The van der Waals surface area contributed by atoms with Crippen molar-refractivity contribution in [2.45, 2.75) is 58.1 Å². The van der Waals surface area contributed by atoms with Crippen LogP contribution in [0.3, 0.4) is 0 Å². The number of ether oxygens (including phenoxy) is 1. The van der Waals surface area contributed by atoms with Crippen molar-refractivity contribution >= 4 is 29.2 Å². The topological polar surface area (TPSA) is 94.2 Å². The van der Waals surface area contributed by atoms with Crippen LogP contribution in [0, 0.1) is 17.6 Å². The minimum Gasteiger partial charge on any atom is -0.459 e. The maximum atomic E-state index is 15.0. The van der Waals surface area contributed by atoms with E-state index in [0.29, 0.717) is 38.6 Å². The Morgan fingerprint density at radius 1 is 1.00 bits per heavy atom. The average molecular weight is 536 g/mol. The first-order valence-electron chi connectivity index (χ1n) is 13.5. The summed E-state index contributed by atoms with van der Waals surface area (Å²) in [6.07, 6.45) is 2.48. The first-order chi connectivity index (χ1) is 18.0. The Hall–Kier alpha value is -2.79. The Balaban J connectivity index is 1.23. The van der Waals surface area contributed by atoms with E-state index < -0.39 is 29.2 Å². The van der Waals surface area contributed by atoms with Gasteiger partial charge in [0.15, 0.2) is 11.6 Å². The molecule has 9 nitrogen and oxygen atoms in total. The molecule has 1 aromatic carbocycles. The van der Waals surface area contributed by atoms with E-state index in [2.05, 4.69) is 20.4 Å². The van der Waals surface area contributed by atoms with E-state index >= 15 is 0 Å². The number of hydrogen-bond donors (Lipinski definition) is 2. The third-order valence-electron chi connectivity index (χ3n) is 7.28. The van der Waals surface area contributed by atoms with Gasteiger partial charge in [0.25, 0.3) is 0 Å². The summed E-state index contributed by atoms with van der Waals surface area (Å²) < 4.78 is 35.4. The number of carbonyl (C=O) groups excluding carboxylic acids is 3. The molecule has 3 saturated heterocycles. The summed E-state index contributed by atoms with van der Waals surface area (Å²) in [5.41, 5.74) is -0.346. The number of esters is 1. The number of benzene rings is 1. The Bertz CT molecular complexity index is 1010. The molecule has 38 heavy (non-hydrogen) atoms. The number of nitrogens with one attached hydrogen (secondary N) is 2. The predicted octanol–water partition coefficient (Wildman–Crippen LogP) is 2.36. The highest BCUT2D eigenvalue weighted by atomic mass is 19.1. The van der Waals surface area contributed by atoms with Crippen LogP contribution >= 0.6 is 0 Å². The summed E-state index contributed by atoms with van der Waals surface area (Å²) in [5.74, 6) is -1.84. The van der Waals surface area contributed by atoms with E-state index in [9.17, 15) is 23.2 Å². The van der Waals surface area contributed by atoms with Crippen molar-refractivity contribution in [3.63, 3.8) is 0 Å². The van der Waals surface area contributed by atoms with E-state index in [4.69, 9.17) is 4.74 Å². The van der Waals surface area contributed by atoms with Gasteiger partial charge in [-0.2, -0.15) is 0 Å². The smallest absolute Gasteiger partial charge is 0.320 e. The van der Waals surface area contributed by atoms with Gasteiger partial charge in [-0.25, -0.2) is 8.78 Å². The first-order valence-corrected chi connectivity index (χ1v) is 13.5. The molecule has 0 aromatic heterocycles. The number of piperidine rings is 2. The van der Waals surface area contributed by atoms with Gasteiger partial charge in [-0.3, -0.25) is 29.5 Å². The molecule has 11 heteroatoms. The van der Waals surface area contributed by atoms with Crippen LogP contribution < -0.4 is 15.5 Å². The lowest BCUT2D eigenvalue weighted by Crippen LogP contribution is -2.49. The first kappa shape index (κ1) is 28.2. The van der Waals surface area contributed by atoms with Gasteiger partial charge in [-0.15, -0.1) is 0 Å². The predicted molar refractivity (Wildman–Crippen MR) is 140 cm³/mol. The molecule has 3 fully saturated rings. The minimum atomic E-state index is -0.704. The number of amides is 2. The van der Waals surface area contributed by atoms with Gasteiger partial charge < -0.3 is 15.0 Å². The maximum absolute atomic E-state index is 15.0. The van der Waals surface area contributed by atoms with Crippen LogP contribution in [0.5, 0.6) is 0 Å². The van der Waals surface area contributed by atoms with E-state index in [1.165, 1.54) is 12.1 Å². The number of nitrogens with zero attached hydrogens (tertiary/aromatic N) is 3. The molecule has 2 amide bonds. The summed E-state index contributed by atoms with van der Waals surface area (Å²) in [7, 11) is 0. The molecule has 1 atom stereocenters. The number of carbonyl (C=O) groups is 3. The van der Waals surface area contributed by atoms with Crippen LogP contribution in [0.2, 0.25) is 0 Å². The van der Waals surface area contributed by atoms with Gasteiger partial charge in [0.2, 0.25) is 11.8 Å². The maximum Gasteiger partial charge on any atom is 0.320 e. The van der Waals surface area contributed by atoms with Crippen LogP contribution in [0.1, 0.15) is 46.5 Å². The summed E-state index contributed by atoms with van der Waals surface area (Å²) in [4.78, 5) is 41.6. The number of anilines is 2. The fourth-order valence-corrected chi connectivity index (χ4v) is 5.39. The molecule has 0 spiro atoms. The number of piperazine rings is 1. The molecule has 3 aliphatic heterocycles. The highest BCUT2D eigenvalue weighted by Gasteiger charge is 2.29. The van der Waals surface area contributed by atoms with Crippen molar-refractivity contribution in [2.75, 3.05) is 62.6 Å². The number of hydrogen-bond acceptors (Lipinski definition) is 8. The van der Waals surface area contributed by atoms with Crippen LogP contribution in [0.25, 0.3) is 0 Å². The lowest BCUT2D eigenvalue weighted by Gasteiger charge is -2.39. The van der Waals surface area contributed by atoms with Crippen LogP contribution in [-0.2, 0) is 19.1 Å². The van der Waals surface area contributed by atoms with Gasteiger partial charge in [-0.1, -0.05) is 0 Å². The molecule has 0 aliphatic carbocycles. The van der Waals surface area contributed by atoms with Gasteiger partial charge >= 0.3 is 5.97 Å². The van der Waals surface area contributed by atoms with E-state index in [1.54, 1.807) is 4.90 Å². The lowest BCUT2D eigenvalue weighted by atomic mass is 9.96. The molecular formula is C27H39F2N5O4. The lowest BCUT2D eigenvalue weighted by molar-refractivity contribution is -0.156. The fraction of sp³-hybridized carbons (Fsp3) is 0.667. The molecule has 0 bridgehead atoms. The van der Waals surface area contributed by atoms with Crippen LogP contribution in [0.15, 0.2) is 12.1 Å². The van der Waals surface area contributed by atoms with E-state index in [0.717, 1.165) is 32.5 Å². The number of likely N-dealkylation sites (tertiary alicyclic amines) is 1. The highest BCUT2D eigenvalue weighted by Crippen LogP contribution is 2.29. The van der Waals surface area contributed by atoms with Gasteiger partial charge in [-0.05, 0) is 71.2 Å². The normalized spacial score (nSPS) is 22.3. The second-order valence-electron chi connectivity index (χ2n) is 11.5. The molecule has 3 aliphatic rings. The molecule has 4 rings (SSSR count). The van der Waals surface area contributed by atoms with Crippen molar-refractivity contribution in [2.24, 2.45) is 5.92 Å². The zero-order valence-corrected chi connectivity index (χ0v) is 22.5. The molecule has 2 N–H and O–H groups in total. The van der Waals surface area contributed by atoms with Gasteiger partial charge in [0.1, 0.15) is 17.3 Å². The van der Waals surface area contributed by atoms with Crippen molar-refractivity contribution in [1.82, 2.24) is 15.1 Å². The molecule has 0 saturated carbocycles. The summed E-state index contributed by atoms with van der Waals surface area (Å²) in [6.45, 7) is 11.1. The van der Waals surface area contributed by atoms with E-state index in [-0.39, 0.29) is 36.1 Å². The second-order valence-corrected chi connectivity index (χ2v) is 11.5. The SMILES string of the molecule is CC(C)(C)OC(=O)CN1CCC(CN2CCN(c3c(F)cc(NC4CCC(=O)NC4=O)cc3F)CC2)CC1. The van der Waals surface area contributed by atoms with Crippen molar-refractivity contribution in [3.8, 4) is 0 Å². The van der Waals surface area contributed by atoms with Gasteiger partial charge in [0, 0.05) is 44.8 Å². The monoisotopic (exact) mass is 535 g/mol. The standard InChI is InChI=1S/C27H39F2N5O4/c1-27(2,3)38-24(36)17-32-8-6-18(7-9-32)16-33-10-12-34(13-11-33)25-20(28)14-19(15-21(25)29)30-22-4-5-23(35)31-26(22)37/h14-15,18,22,30H,4-13,16-17H2,1-3H3,(H,31,35,37). The molecule has 0 radical (unpaired) electrons.